The molecule has 0 spiro atoms. The van der Waals surface area contributed by atoms with Gasteiger partial charge in [0.1, 0.15) is 0 Å². The largest absolute Gasteiger partial charge is 0.251 e. The lowest BCUT2D eigenvalue weighted by atomic mass is 10.1. The summed E-state index contributed by atoms with van der Waals surface area (Å²) in [5.41, 5.74) is 9.37. The maximum Gasteiger partial charge on any atom is 0.0849 e. The molecule has 3 nitrogen and oxygen atoms in total. The molecular formula is C25H25Cl2N3. The predicted molar refractivity (Wildman–Crippen MR) is 130 cm³/mol. The van der Waals surface area contributed by atoms with Gasteiger partial charge in [0.25, 0.3) is 0 Å². The zero-order valence-electron chi connectivity index (χ0n) is 18.1. The van der Waals surface area contributed by atoms with E-state index in [1.165, 1.54) is 0 Å². The first-order valence-electron chi connectivity index (χ1n) is 9.77. The van der Waals surface area contributed by atoms with Gasteiger partial charge >= 0.3 is 0 Å². The highest BCUT2D eigenvalue weighted by Crippen LogP contribution is 2.29. The van der Waals surface area contributed by atoms with Crippen LogP contribution in [0.1, 0.15) is 47.5 Å². The number of benzene rings is 2. The van der Waals surface area contributed by atoms with Crippen molar-refractivity contribution in [2.45, 2.75) is 41.5 Å². The molecule has 0 radical (unpaired) electrons. The summed E-state index contributed by atoms with van der Waals surface area (Å²) in [6, 6.07) is 13.6. The standard InChI is InChI=1S/C25H25Cl2N3/c1-14-10-20(26)11-15(2)24(14)28-18(5)22-8-7-9-23(30-22)19(6)29-25-16(3)12-21(27)13-17(25)4/h7-13H,1-6H3. The van der Waals surface area contributed by atoms with Gasteiger partial charge in [-0.3, -0.25) is 9.98 Å². The Morgan fingerprint density at radius 2 is 1.00 bits per heavy atom. The van der Waals surface area contributed by atoms with E-state index in [-0.39, 0.29) is 0 Å². The van der Waals surface area contributed by atoms with Crippen molar-refractivity contribution >= 4 is 46.0 Å². The smallest absolute Gasteiger partial charge is 0.0849 e. The lowest BCUT2D eigenvalue weighted by molar-refractivity contribution is 1.23. The monoisotopic (exact) mass is 437 g/mol. The molecule has 0 fully saturated rings. The van der Waals surface area contributed by atoms with Crippen molar-refractivity contribution in [1.29, 1.82) is 0 Å². The zero-order valence-corrected chi connectivity index (χ0v) is 19.7. The Labute approximate surface area is 188 Å². The highest BCUT2D eigenvalue weighted by Gasteiger charge is 2.09. The van der Waals surface area contributed by atoms with E-state index in [0.29, 0.717) is 0 Å². The van der Waals surface area contributed by atoms with E-state index >= 15 is 0 Å². The summed E-state index contributed by atoms with van der Waals surface area (Å²) in [6.45, 7) is 12.0. The first kappa shape index (κ1) is 22.2. The van der Waals surface area contributed by atoms with Crippen molar-refractivity contribution in [2.75, 3.05) is 0 Å². The second-order valence-electron chi connectivity index (χ2n) is 7.58. The molecule has 0 unspecified atom stereocenters. The molecule has 0 atom stereocenters. The molecule has 154 valence electrons. The fourth-order valence-electron chi connectivity index (χ4n) is 3.45. The number of rotatable bonds is 4. The number of hydrogen-bond acceptors (Lipinski definition) is 3. The molecule has 30 heavy (non-hydrogen) atoms. The number of pyridine rings is 1. The molecule has 0 N–H and O–H groups in total. The maximum absolute atomic E-state index is 6.15. The normalized spacial score (nSPS) is 12.4. The van der Waals surface area contributed by atoms with Gasteiger partial charge in [-0.1, -0.05) is 29.3 Å². The molecule has 0 aliphatic rings. The molecule has 1 heterocycles. The van der Waals surface area contributed by atoms with Gasteiger partial charge in [0.2, 0.25) is 0 Å². The molecule has 2 aromatic carbocycles. The Morgan fingerprint density at radius 1 is 0.667 bits per heavy atom. The van der Waals surface area contributed by atoms with Crippen LogP contribution in [-0.4, -0.2) is 16.4 Å². The van der Waals surface area contributed by atoms with Crippen LogP contribution in [0.4, 0.5) is 11.4 Å². The number of aromatic nitrogens is 1. The second-order valence-corrected chi connectivity index (χ2v) is 8.45. The minimum Gasteiger partial charge on any atom is -0.251 e. The van der Waals surface area contributed by atoms with Crippen LogP contribution >= 0.6 is 23.2 Å². The van der Waals surface area contributed by atoms with Gasteiger partial charge in [-0.05, 0) is 100 Å². The third kappa shape index (κ3) is 4.97. The second kappa shape index (κ2) is 9.11. The minimum absolute atomic E-state index is 0.723. The Balaban J connectivity index is 1.99. The molecule has 5 heteroatoms. The van der Waals surface area contributed by atoms with Crippen molar-refractivity contribution in [3.05, 3.63) is 86.2 Å². The van der Waals surface area contributed by atoms with Crippen LogP contribution in [-0.2, 0) is 0 Å². The van der Waals surface area contributed by atoms with E-state index in [1.54, 1.807) is 0 Å². The van der Waals surface area contributed by atoms with Gasteiger partial charge in [0, 0.05) is 10.0 Å². The summed E-state index contributed by atoms with van der Waals surface area (Å²) in [5.74, 6) is 0. The van der Waals surface area contributed by atoms with Gasteiger partial charge in [0.05, 0.1) is 34.2 Å². The first-order chi connectivity index (χ1) is 14.2. The molecule has 0 aliphatic carbocycles. The fraction of sp³-hybridized carbons (Fsp3) is 0.240. The number of hydrogen-bond donors (Lipinski definition) is 0. The number of aliphatic imine (C=N–C) groups is 2. The van der Waals surface area contributed by atoms with E-state index in [4.69, 9.17) is 38.2 Å². The van der Waals surface area contributed by atoms with Crippen LogP contribution in [0.2, 0.25) is 10.0 Å². The fourth-order valence-corrected chi connectivity index (χ4v) is 4.10. The summed E-state index contributed by atoms with van der Waals surface area (Å²) in [5, 5.41) is 1.45. The Bertz CT molecular complexity index is 1040. The topological polar surface area (TPSA) is 37.6 Å². The van der Waals surface area contributed by atoms with Crippen molar-refractivity contribution in [3.8, 4) is 0 Å². The van der Waals surface area contributed by atoms with Crippen molar-refractivity contribution in [1.82, 2.24) is 4.98 Å². The van der Waals surface area contributed by atoms with Crippen LogP contribution in [0.15, 0.2) is 52.4 Å². The highest BCUT2D eigenvalue weighted by atomic mass is 35.5. The SMILES string of the molecule is CC(=Nc1c(C)cc(Cl)cc1C)c1cccc(C(C)=Nc2c(C)cc(Cl)cc2C)n1. The summed E-state index contributed by atoms with van der Waals surface area (Å²) in [7, 11) is 0. The average molecular weight is 438 g/mol. The zero-order chi connectivity index (χ0) is 22.0. The minimum atomic E-state index is 0.723. The molecular weight excluding hydrogens is 413 g/mol. The van der Waals surface area contributed by atoms with E-state index in [1.807, 2.05) is 84.0 Å². The molecule has 0 bridgehead atoms. The molecule has 3 rings (SSSR count). The van der Waals surface area contributed by atoms with Gasteiger partial charge in [0.15, 0.2) is 0 Å². The molecule has 1 aromatic heterocycles. The van der Waals surface area contributed by atoms with Crippen LogP contribution in [0.3, 0.4) is 0 Å². The Kier molecular flexibility index (Phi) is 6.74. The van der Waals surface area contributed by atoms with E-state index < -0.39 is 0 Å². The van der Waals surface area contributed by atoms with Gasteiger partial charge in [-0.25, -0.2) is 4.98 Å². The van der Waals surface area contributed by atoms with Crippen LogP contribution in [0.25, 0.3) is 0 Å². The Morgan fingerprint density at radius 3 is 1.33 bits per heavy atom. The maximum atomic E-state index is 6.15. The average Bonchev–Trinajstić information content (AvgIpc) is 2.67. The predicted octanol–water partition coefficient (Wildman–Crippen LogP) is 7.90. The Hall–Kier alpha value is -2.49. The number of aryl methyl sites for hydroxylation is 4. The van der Waals surface area contributed by atoms with Gasteiger partial charge < -0.3 is 0 Å². The number of halogens is 2. The van der Waals surface area contributed by atoms with Crippen LogP contribution in [0.5, 0.6) is 0 Å². The van der Waals surface area contributed by atoms with Crippen molar-refractivity contribution < 1.29 is 0 Å². The quantitative estimate of drug-likeness (QED) is 0.382. The highest BCUT2D eigenvalue weighted by molar-refractivity contribution is 6.31. The van der Waals surface area contributed by atoms with E-state index in [2.05, 4.69) is 0 Å². The van der Waals surface area contributed by atoms with Crippen molar-refractivity contribution in [2.24, 2.45) is 9.98 Å². The van der Waals surface area contributed by atoms with E-state index in [9.17, 15) is 0 Å². The van der Waals surface area contributed by atoms with E-state index in [0.717, 1.165) is 66.5 Å². The van der Waals surface area contributed by atoms with Crippen LogP contribution in [0, 0.1) is 27.7 Å². The lowest BCUT2D eigenvalue weighted by Crippen LogP contribution is -2.05. The van der Waals surface area contributed by atoms with Gasteiger partial charge in [-0.15, -0.1) is 0 Å². The number of nitrogens with zero attached hydrogens (tertiary/aromatic N) is 3. The van der Waals surface area contributed by atoms with Gasteiger partial charge in [-0.2, -0.15) is 0 Å². The summed E-state index contributed by atoms with van der Waals surface area (Å²) < 4.78 is 0. The summed E-state index contributed by atoms with van der Waals surface area (Å²) in [4.78, 5) is 14.5. The molecule has 3 aromatic rings. The first-order valence-corrected chi connectivity index (χ1v) is 10.5. The third-order valence-electron chi connectivity index (χ3n) is 4.96. The lowest BCUT2D eigenvalue weighted by Gasteiger charge is -2.10. The molecule has 0 amide bonds. The molecule has 0 saturated carbocycles. The summed E-state index contributed by atoms with van der Waals surface area (Å²) >= 11 is 12.3. The summed E-state index contributed by atoms with van der Waals surface area (Å²) in [6.07, 6.45) is 0. The van der Waals surface area contributed by atoms with Crippen LogP contribution < -0.4 is 0 Å². The third-order valence-corrected chi connectivity index (χ3v) is 5.40. The molecule has 0 aliphatic heterocycles. The van der Waals surface area contributed by atoms with Crippen molar-refractivity contribution in [3.63, 3.8) is 0 Å². The molecule has 0 saturated heterocycles.